The number of nitrogens with zero attached hydrogens (tertiary/aromatic N) is 2. The number of ketones is 1. The van der Waals surface area contributed by atoms with Gasteiger partial charge in [-0.15, -0.1) is 0 Å². The van der Waals surface area contributed by atoms with E-state index in [0.717, 1.165) is 42.9 Å². The van der Waals surface area contributed by atoms with Crippen LogP contribution in [0.25, 0.3) is 0 Å². The molecule has 0 amide bonds. The molecule has 176 valence electrons. The van der Waals surface area contributed by atoms with Crippen molar-refractivity contribution in [2.45, 2.75) is 54.4 Å². The second-order valence-electron chi connectivity index (χ2n) is 7.62. The molecule has 0 aliphatic carbocycles. The Hall–Kier alpha value is -2.82. The van der Waals surface area contributed by atoms with Crippen molar-refractivity contribution in [1.29, 1.82) is 0 Å². The molecule has 32 heavy (non-hydrogen) atoms. The molecule has 0 aliphatic rings. The minimum atomic E-state index is -0.452. The van der Waals surface area contributed by atoms with Crippen molar-refractivity contribution in [3.8, 4) is 0 Å². The van der Waals surface area contributed by atoms with Gasteiger partial charge in [0.15, 0.2) is 5.78 Å². The van der Waals surface area contributed by atoms with Crippen LogP contribution in [0.3, 0.4) is 0 Å². The highest BCUT2D eigenvalue weighted by Crippen LogP contribution is 2.25. The molecule has 0 aromatic heterocycles. The molecule has 2 aromatic rings. The quantitative estimate of drug-likeness (QED) is 0.253. The van der Waals surface area contributed by atoms with E-state index in [1.807, 2.05) is 71.0 Å². The first kappa shape index (κ1) is 27.2. The molecule has 0 bridgehead atoms. The van der Waals surface area contributed by atoms with E-state index in [9.17, 15) is 9.59 Å². The number of hydrogen-bond acceptors (Lipinski definition) is 5. The van der Waals surface area contributed by atoms with E-state index in [0.29, 0.717) is 23.3 Å². The average molecular weight is 441 g/mol. The SMILES string of the molecule is CC.CCCCOC(=O)c1cc(N(C)C)ccc1C(=O)c1ccc(N(CC)CC)c(C)c1. The first-order valence-corrected chi connectivity index (χ1v) is 11.7. The summed E-state index contributed by atoms with van der Waals surface area (Å²) in [5, 5.41) is 0. The largest absolute Gasteiger partial charge is 0.462 e. The van der Waals surface area contributed by atoms with Gasteiger partial charge in [0.1, 0.15) is 0 Å². The maximum absolute atomic E-state index is 13.3. The minimum absolute atomic E-state index is 0.169. The molecule has 0 fully saturated rings. The predicted octanol–water partition coefficient (Wildman–Crippen LogP) is 6.12. The van der Waals surface area contributed by atoms with Crippen LogP contribution in [-0.4, -0.2) is 45.5 Å². The van der Waals surface area contributed by atoms with Crippen molar-refractivity contribution in [3.05, 3.63) is 58.7 Å². The van der Waals surface area contributed by atoms with Crippen molar-refractivity contribution < 1.29 is 14.3 Å². The van der Waals surface area contributed by atoms with E-state index >= 15 is 0 Å². The summed E-state index contributed by atoms with van der Waals surface area (Å²) in [6.45, 7) is 14.5. The summed E-state index contributed by atoms with van der Waals surface area (Å²) in [5.41, 5.74) is 4.27. The van der Waals surface area contributed by atoms with E-state index in [1.54, 1.807) is 12.1 Å². The summed E-state index contributed by atoms with van der Waals surface area (Å²) < 4.78 is 5.42. The highest BCUT2D eigenvalue weighted by molar-refractivity contribution is 6.15. The fourth-order valence-corrected chi connectivity index (χ4v) is 3.44. The molecule has 0 saturated heterocycles. The first-order valence-electron chi connectivity index (χ1n) is 11.7. The van der Waals surface area contributed by atoms with Crippen molar-refractivity contribution in [2.75, 3.05) is 43.6 Å². The van der Waals surface area contributed by atoms with Crippen molar-refractivity contribution in [3.63, 3.8) is 0 Å². The van der Waals surface area contributed by atoms with Crippen LogP contribution >= 0.6 is 0 Å². The van der Waals surface area contributed by atoms with Crippen molar-refractivity contribution >= 4 is 23.1 Å². The monoisotopic (exact) mass is 440 g/mol. The molecular formula is C27H40N2O3. The number of carbonyl (C=O) groups excluding carboxylic acids is 2. The van der Waals surface area contributed by atoms with Crippen molar-refractivity contribution in [2.24, 2.45) is 0 Å². The Morgan fingerprint density at radius 1 is 0.906 bits per heavy atom. The van der Waals surface area contributed by atoms with Crippen LogP contribution in [0.5, 0.6) is 0 Å². The highest BCUT2D eigenvalue weighted by atomic mass is 16.5. The van der Waals surface area contributed by atoms with Gasteiger partial charge >= 0.3 is 5.97 Å². The summed E-state index contributed by atoms with van der Waals surface area (Å²) in [7, 11) is 3.80. The molecule has 0 saturated carbocycles. The summed E-state index contributed by atoms with van der Waals surface area (Å²) >= 11 is 0. The first-order chi connectivity index (χ1) is 15.3. The third-order valence-electron chi connectivity index (χ3n) is 5.28. The molecule has 5 nitrogen and oxygen atoms in total. The van der Waals surface area contributed by atoms with Crippen LogP contribution in [0.1, 0.15) is 79.3 Å². The number of aryl methyl sites for hydroxylation is 1. The van der Waals surface area contributed by atoms with Gasteiger partial charge in [0.25, 0.3) is 0 Å². The topological polar surface area (TPSA) is 49.9 Å². The minimum Gasteiger partial charge on any atom is -0.462 e. The number of hydrogen-bond donors (Lipinski definition) is 0. The summed E-state index contributed by atoms with van der Waals surface area (Å²) in [4.78, 5) is 30.2. The van der Waals surface area contributed by atoms with Gasteiger partial charge in [-0.2, -0.15) is 0 Å². The lowest BCUT2D eigenvalue weighted by molar-refractivity contribution is 0.0497. The maximum Gasteiger partial charge on any atom is 0.338 e. The standard InChI is InChI=1S/C25H34N2O3.C2H6/c1-7-10-15-30-25(29)22-17-20(26(5)6)12-13-21(22)24(28)19-11-14-23(18(4)16-19)27(8-2)9-3;1-2/h11-14,16-17H,7-10,15H2,1-6H3;1-2H3. The van der Waals surface area contributed by atoms with Gasteiger partial charge in [-0.3, -0.25) is 4.79 Å². The zero-order chi connectivity index (χ0) is 24.3. The number of carbonyl (C=O) groups is 2. The lowest BCUT2D eigenvalue weighted by Gasteiger charge is -2.23. The Morgan fingerprint density at radius 2 is 1.56 bits per heavy atom. The molecule has 2 aromatic carbocycles. The van der Waals surface area contributed by atoms with Gasteiger partial charge in [-0.05, 0) is 69.2 Å². The Morgan fingerprint density at radius 3 is 2.09 bits per heavy atom. The molecule has 0 N–H and O–H groups in total. The van der Waals surface area contributed by atoms with Crippen LogP contribution in [-0.2, 0) is 4.74 Å². The summed E-state index contributed by atoms with van der Waals surface area (Å²) in [6.07, 6.45) is 1.74. The molecule has 0 radical (unpaired) electrons. The Balaban J connectivity index is 0.00000249. The molecule has 0 aliphatic heterocycles. The van der Waals surface area contributed by atoms with Gasteiger partial charge in [0, 0.05) is 49.7 Å². The molecule has 5 heteroatoms. The normalized spacial score (nSPS) is 10.1. The van der Waals surface area contributed by atoms with Gasteiger partial charge in [-0.25, -0.2) is 4.79 Å². The van der Waals surface area contributed by atoms with E-state index in [1.165, 1.54) is 0 Å². The van der Waals surface area contributed by atoms with Gasteiger partial charge in [0.2, 0.25) is 0 Å². The Labute approximate surface area is 194 Å². The number of benzene rings is 2. The lowest BCUT2D eigenvalue weighted by atomic mass is 9.96. The second-order valence-corrected chi connectivity index (χ2v) is 7.62. The fraction of sp³-hybridized carbons (Fsp3) is 0.481. The summed E-state index contributed by atoms with van der Waals surface area (Å²) in [5.74, 6) is -0.621. The van der Waals surface area contributed by atoms with E-state index in [2.05, 4.69) is 18.7 Å². The molecule has 0 unspecified atom stereocenters. The third kappa shape index (κ3) is 6.84. The van der Waals surface area contributed by atoms with E-state index in [4.69, 9.17) is 4.74 Å². The number of esters is 1. The molecule has 0 atom stereocenters. The van der Waals surface area contributed by atoms with Crippen LogP contribution in [0.2, 0.25) is 0 Å². The second kappa shape index (κ2) is 13.6. The average Bonchev–Trinajstić information content (AvgIpc) is 2.81. The van der Waals surface area contributed by atoms with Crippen LogP contribution in [0.4, 0.5) is 11.4 Å². The lowest BCUT2D eigenvalue weighted by Crippen LogP contribution is -2.23. The predicted molar refractivity (Wildman–Crippen MR) is 135 cm³/mol. The number of anilines is 2. The number of rotatable bonds is 10. The smallest absolute Gasteiger partial charge is 0.338 e. The van der Waals surface area contributed by atoms with Crippen LogP contribution in [0.15, 0.2) is 36.4 Å². The highest BCUT2D eigenvalue weighted by Gasteiger charge is 2.21. The van der Waals surface area contributed by atoms with Crippen LogP contribution < -0.4 is 9.80 Å². The zero-order valence-electron chi connectivity index (χ0n) is 21.1. The zero-order valence-corrected chi connectivity index (χ0v) is 21.1. The van der Waals surface area contributed by atoms with Gasteiger partial charge < -0.3 is 14.5 Å². The van der Waals surface area contributed by atoms with Gasteiger partial charge in [0.05, 0.1) is 12.2 Å². The van der Waals surface area contributed by atoms with E-state index < -0.39 is 5.97 Å². The van der Waals surface area contributed by atoms with Crippen molar-refractivity contribution in [1.82, 2.24) is 0 Å². The van der Waals surface area contributed by atoms with E-state index in [-0.39, 0.29) is 5.78 Å². The number of ether oxygens (including phenoxy) is 1. The molecular weight excluding hydrogens is 400 g/mol. The Bertz CT molecular complexity index is 886. The van der Waals surface area contributed by atoms with Gasteiger partial charge in [-0.1, -0.05) is 27.2 Å². The maximum atomic E-state index is 13.3. The fourth-order valence-electron chi connectivity index (χ4n) is 3.44. The number of unbranched alkanes of at least 4 members (excludes halogenated alkanes) is 1. The molecule has 2 rings (SSSR count). The molecule has 0 heterocycles. The Kier molecular flexibility index (Phi) is 11.5. The summed E-state index contributed by atoms with van der Waals surface area (Å²) in [6, 6.07) is 11.0. The van der Waals surface area contributed by atoms with Crippen LogP contribution in [0, 0.1) is 6.92 Å². The third-order valence-corrected chi connectivity index (χ3v) is 5.28. The molecule has 0 spiro atoms.